The number of thioether (sulfide) groups is 1. The van der Waals surface area contributed by atoms with Crippen molar-refractivity contribution >= 4 is 53.2 Å². The number of imide groups is 1. The molecule has 5 amide bonds. The molecule has 0 aromatic heterocycles. The SMILES string of the molecule is CNC(=O)CCCCCN1C(=O)CC(SCCC(=O)NCCCCCO[C@@H]2OC(CO)[C@H](O)[C@H](O[C@@H]3OC(CO[C@]4(C(=O)O)C[C@@H](O)[C@@H](C)C([C@H](O)[C@H](O)CO)O4)[C@@H](O)[C@H](O[C@@H]4OC(CO)[C@H](O[C@@H]5OC(CO)[C@H](O)[C@H](O)C5C)[C@H](O[C@@]5(C(=O)O)CC(O)[C@H](C)C([C@H](O)[C@H](O)CO)O5)C4O)C3NC(C)=O)C2O)C1=O. The number of carboxylic acids is 2. The van der Waals surface area contributed by atoms with Crippen LogP contribution in [0.4, 0.5) is 0 Å². The van der Waals surface area contributed by atoms with Crippen LogP contribution >= 0.6 is 11.8 Å². The van der Waals surface area contributed by atoms with Gasteiger partial charge in [-0.25, -0.2) is 9.59 Å². The monoisotopic (exact) mass is 1600 g/mol. The molecule has 109 heavy (non-hydrogen) atoms. The molecule has 628 valence electrons. The first-order valence-corrected chi connectivity index (χ1v) is 37.4. The van der Waals surface area contributed by atoms with Crippen molar-refractivity contribution in [3.63, 3.8) is 0 Å². The Bertz CT molecular complexity index is 2920. The third kappa shape index (κ3) is 22.4. The molecule has 0 aromatic rings. The summed E-state index contributed by atoms with van der Waals surface area (Å²) in [6.45, 7) is -1.53. The lowest BCUT2D eigenvalue weighted by Gasteiger charge is -2.52. The third-order valence-electron chi connectivity index (χ3n) is 20.7. The lowest BCUT2D eigenvalue weighted by atomic mass is 9.84. The zero-order valence-electron chi connectivity index (χ0n) is 60.9. The quantitative estimate of drug-likeness (QED) is 0.0200. The van der Waals surface area contributed by atoms with E-state index >= 15 is 0 Å². The van der Waals surface area contributed by atoms with Gasteiger partial charge < -0.3 is 170 Å². The van der Waals surface area contributed by atoms with E-state index < -0.39 is 270 Å². The Hall–Kier alpha value is -4.32. The van der Waals surface area contributed by atoms with Gasteiger partial charge in [0.2, 0.25) is 29.5 Å². The van der Waals surface area contributed by atoms with Gasteiger partial charge >= 0.3 is 11.9 Å². The van der Waals surface area contributed by atoms with Crippen LogP contribution < -0.4 is 16.0 Å². The van der Waals surface area contributed by atoms with E-state index in [2.05, 4.69) is 16.0 Å². The van der Waals surface area contributed by atoms with E-state index in [0.717, 1.165) is 6.92 Å². The van der Waals surface area contributed by atoms with E-state index in [1.807, 2.05) is 0 Å². The molecule has 0 saturated carbocycles. The third-order valence-corrected chi connectivity index (χ3v) is 21.9. The van der Waals surface area contributed by atoms with Crippen molar-refractivity contribution in [1.29, 1.82) is 0 Å². The number of rotatable bonds is 40. The Morgan fingerprint density at radius 1 is 0.578 bits per heavy atom. The Morgan fingerprint density at radius 3 is 1.70 bits per heavy atom. The fraction of sp³-hybridized carbons (Fsp3) is 0.894. The van der Waals surface area contributed by atoms with Crippen molar-refractivity contribution in [2.45, 2.75) is 281 Å². The van der Waals surface area contributed by atoms with Gasteiger partial charge in [-0.15, -0.1) is 11.8 Å². The minimum absolute atomic E-state index is 0.00307. The van der Waals surface area contributed by atoms with E-state index in [-0.39, 0.29) is 68.3 Å². The normalized spacial score (nSPS) is 39.8. The predicted octanol–water partition coefficient (Wildman–Crippen LogP) is -9.85. The molecular formula is C66H110N4O38S. The van der Waals surface area contributed by atoms with Gasteiger partial charge in [0.05, 0.1) is 75.4 Å². The molecule has 0 aromatic carbocycles. The van der Waals surface area contributed by atoms with Crippen LogP contribution in [0.2, 0.25) is 0 Å². The van der Waals surface area contributed by atoms with Gasteiger partial charge in [-0.3, -0.25) is 28.9 Å². The first-order valence-electron chi connectivity index (χ1n) is 36.3. The lowest BCUT2D eigenvalue weighted by Crippen LogP contribution is -2.71. The van der Waals surface area contributed by atoms with Crippen LogP contribution in [-0.2, 0) is 90.4 Å². The lowest BCUT2D eigenvalue weighted by molar-refractivity contribution is -0.403. The second kappa shape index (κ2) is 41.8. The van der Waals surface area contributed by atoms with Crippen molar-refractivity contribution in [3.8, 4) is 0 Å². The zero-order valence-corrected chi connectivity index (χ0v) is 61.7. The van der Waals surface area contributed by atoms with Crippen LogP contribution in [0.3, 0.4) is 0 Å². The number of aliphatic hydroxyl groups excluding tert-OH is 17. The second-order valence-electron chi connectivity index (χ2n) is 28.4. The number of nitrogens with zero attached hydrogens (tertiary/aromatic N) is 1. The number of carbonyl (C=O) groups is 7. The number of carboxylic acid groups (broad SMARTS) is 2. The summed E-state index contributed by atoms with van der Waals surface area (Å²) in [5, 5.41) is 217. The Kier molecular flexibility index (Phi) is 35.2. The maximum Gasteiger partial charge on any atom is 0.364 e. The number of amides is 5. The highest BCUT2D eigenvalue weighted by atomic mass is 32.2. The highest BCUT2D eigenvalue weighted by molar-refractivity contribution is 8.00. The molecule has 7 rings (SSSR count). The van der Waals surface area contributed by atoms with Crippen molar-refractivity contribution in [2.24, 2.45) is 17.8 Å². The van der Waals surface area contributed by atoms with Crippen molar-refractivity contribution < 1.29 is 187 Å². The Balaban J connectivity index is 1.14. The fourth-order valence-corrected chi connectivity index (χ4v) is 15.1. The van der Waals surface area contributed by atoms with E-state index in [4.69, 9.17) is 56.8 Å². The minimum atomic E-state index is -3.26. The van der Waals surface area contributed by atoms with Crippen LogP contribution in [0.15, 0.2) is 0 Å². The summed E-state index contributed by atoms with van der Waals surface area (Å²) in [4.78, 5) is 91.6. The number of aliphatic hydroxyl groups is 17. The summed E-state index contributed by atoms with van der Waals surface area (Å²) in [6, 6.07) is -2.05. The van der Waals surface area contributed by atoms with Gasteiger partial charge in [0.15, 0.2) is 25.2 Å². The first-order chi connectivity index (χ1) is 51.6. The number of unbranched alkanes of at least 4 members (excludes halogenated alkanes) is 4. The molecule has 33 atom stereocenters. The Labute approximate surface area is 630 Å². The molecule has 7 heterocycles. The van der Waals surface area contributed by atoms with Crippen molar-refractivity contribution in [3.05, 3.63) is 0 Å². The molecule has 0 bridgehead atoms. The minimum Gasteiger partial charge on any atom is -0.477 e. The molecule has 12 unspecified atom stereocenters. The Morgan fingerprint density at radius 2 is 1.11 bits per heavy atom. The van der Waals surface area contributed by atoms with E-state index in [1.54, 1.807) is 0 Å². The molecule has 42 nitrogen and oxygen atoms in total. The summed E-state index contributed by atoms with van der Waals surface area (Å²) in [5.41, 5.74) is 0. The highest BCUT2D eigenvalue weighted by Gasteiger charge is 2.63. The number of hydrogen-bond acceptors (Lipinski definition) is 37. The number of nitrogens with one attached hydrogen (secondary N) is 3. The molecule has 7 saturated heterocycles. The van der Waals surface area contributed by atoms with Gasteiger partial charge in [0, 0.05) is 89.3 Å². The summed E-state index contributed by atoms with van der Waals surface area (Å²) >= 11 is 1.20. The standard InChI is InChI=1S/C66H110N4O38S/c1-27-31(77)19-65(63(93)94,106-52(27)45(85)33(79)21-71)98-26-38-49(89)55(104-62-51(91)57(54(37(25-75)101-62)103-59-29(3)44(84)47(87)35(23-73)99-59)108-66(64(95)96)20-32(78)28(2)53(107-66)46(86)34(80)22-72)43(69-30(4)76)60(102-38)105-56-48(88)36(24-74)100-61(50(56)90)97-16-11-7-9-14-68-41(82)13-17-109-39-18-42(83)70(58(39)92)15-10-6-8-12-40(81)67-5/h27-29,31-39,43-57,59-62,71-75,77-80,84-91H,6-26H2,1-5H3,(H,67,81)(H,68,82)(H,69,76)(H,93,94)(H,95,96)/t27-,28+,29?,31-,32?,33-,34-,35?,36?,37?,38?,39?,43?,44-,45-,46-,47+,48+,49-,50?,51?,52?,53?,54+,55-,56+,57-,59+,60+,61-,62+,65-,66-/m1/s1. The molecule has 0 radical (unpaired) electrons. The number of aliphatic carboxylic acids is 2. The molecule has 7 fully saturated rings. The van der Waals surface area contributed by atoms with Crippen LogP contribution in [-0.4, -0.2) is 398 Å². The number of likely N-dealkylation sites (tertiary alicyclic amines) is 1. The summed E-state index contributed by atoms with van der Waals surface area (Å²) < 4.78 is 72.5. The second-order valence-corrected chi connectivity index (χ2v) is 29.7. The first kappa shape index (κ1) is 91.9. The number of hydrogen-bond donors (Lipinski definition) is 22. The molecular weight excluding hydrogens is 1490 g/mol. The average Bonchev–Trinajstić information content (AvgIpc) is 1.17. The van der Waals surface area contributed by atoms with Gasteiger partial charge in [0.1, 0.15) is 110 Å². The number of ether oxygens (including phenoxy) is 12. The smallest absolute Gasteiger partial charge is 0.364 e. The summed E-state index contributed by atoms with van der Waals surface area (Å²) in [7, 11) is 1.54. The molecule has 22 N–H and O–H groups in total. The van der Waals surface area contributed by atoms with Crippen LogP contribution in [0, 0.1) is 17.8 Å². The maximum absolute atomic E-state index is 13.7. The van der Waals surface area contributed by atoms with Gasteiger partial charge in [-0.1, -0.05) is 27.2 Å². The largest absolute Gasteiger partial charge is 0.477 e. The molecule has 0 aliphatic carbocycles. The van der Waals surface area contributed by atoms with E-state index in [0.29, 0.717) is 38.5 Å². The molecule has 43 heteroatoms. The van der Waals surface area contributed by atoms with Gasteiger partial charge in [-0.2, -0.15) is 0 Å². The van der Waals surface area contributed by atoms with Crippen LogP contribution in [0.25, 0.3) is 0 Å². The fourth-order valence-electron chi connectivity index (χ4n) is 14.0. The van der Waals surface area contributed by atoms with Crippen LogP contribution in [0.1, 0.15) is 98.3 Å². The molecule has 0 spiro atoms. The average molecular weight is 1600 g/mol. The molecule has 7 aliphatic heterocycles. The van der Waals surface area contributed by atoms with Gasteiger partial charge in [-0.05, 0) is 32.1 Å². The van der Waals surface area contributed by atoms with E-state index in [9.17, 15) is 131 Å². The van der Waals surface area contributed by atoms with Crippen molar-refractivity contribution in [1.82, 2.24) is 20.9 Å². The zero-order chi connectivity index (χ0) is 80.7. The summed E-state index contributed by atoms with van der Waals surface area (Å²) in [6.07, 6.45) is -51.4. The summed E-state index contributed by atoms with van der Waals surface area (Å²) in [5.74, 6) is -15.9. The molecule has 7 aliphatic rings. The topological polar surface area (TPSA) is 654 Å². The highest BCUT2D eigenvalue weighted by Crippen LogP contribution is 2.44. The maximum atomic E-state index is 13.7. The number of carbonyl (C=O) groups excluding carboxylic acids is 5. The van der Waals surface area contributed by atoms with Crippen molar-refractivity contribution in [2.75, 3.05) is 72.1 Å². The van der Waals surface area contributed by atoms with E-state index in [1.165, 1.54) is 44.5 Å². The van der Waals surface area contributed by atoms with Gasteiger partial charge in [0.25, 0.3) is 11.6 Å². The predicted molar refractivity (Wildman–Crippen MR) is 360 cm³/mol. The van der Waals surface area contributed by atoms with Crippen LogP contribution in [0.5, 0.6) is 0 Å².